The van der Waals surface area contributed by atoms with Crippen LogP contribution in [0.3, 0.4) is 0 Å². The van der Waals surface area contributed by atoms with Gasteiger partial charge in [-0.25, -0.2) is 4.79 Å². The molecule has 0 saturated carbocycles. The van der Waals surface area contributed by atoms with E-state index < -0.39 is 5.97 Å². The molecule has 0 atom stereocenters. The number of ether oxygens (including phenoxy) is 2. The van der Waals surface area contributed by atoms with Gasteiger partial charge >= 0.3 is 5.97 Å². The van der Waals surface area contributed by atoms with Gasteiger partial charge in [0.05, 0.1) is 6.61 Å². The molecule has 3 heteroatoms. The minimum Gasteiger partial charge on any atom is -0.493 e. The summed E-state index contributed by atoms with van der Waals surface area (Å²) in [5.74, 6) is 0.731. The smallest absolute Gasteiger partial charge is 0.347 e. The van der Waals surface area contributed by atoms with E-state index in [-0.39, 0.29) is 0 Å². The monoisotopic (exact) mass is 270 g/mol. The second kappa shape index (κ2) is 6.24. The summed E-state index contributed by atoms with van der Waals surface area (Å²) in [7, 11) is 0. The van der Waals surface area contributed by atoms with Gasteiger partial charge in [-0.15, -0.1) is 0 Å². The molecular weight excluding hydrogens is 252 g/mol. The highest BCUT2D eigenvalue weighted by Crippen LogP contribution is 2.23. The Morgan fingerprint density at radius 2 is 1.80 bits per heavy atom. The number of rotatable bonds is 4. The zero-order chi connectivity index (χ0) is 14.5. The molecule has 104 valence electrons. The van der Waals surface area contributed by atoms with Crippen LogP contribution in [0.5, 0.6) is 11.5 Å². The van der Waals surface area contributed by atoms with Gasteiger partial charge in [0.25, 0.3) is 0 Å². The van der Waals surface area contributed by atoms with E-state index in [0.717, 1.165) is 11.1 Å². The molecule has 20 heavy (non-hydrogen) atoms. The minimum absolute atomic E-state index is 0.400. The van der Waals surface area contributed by atoms with Crippen LogP contribution in [0.25, 0.3) is 0 Å². The molecule has 3 nitrogen and oxygen atoms in total. The maximum absolute atomic E-state index is 12.3. The predicted molar refractivity (Wildman–Crippen MR) is 78.5 cm³/mol. The number of hydrogen-bond donors (Lipinski definition) is 0. The first-order valence-electron chi connectivity index (χ1n) is 6.63. The molecule has 0 unspecified atom stereocenters. The summed E-state index contributed by atoms with van der Waals surface area (Å²) in [5, 5.41) is 0. The van der Waals surface area contributed by atoms with Crippen molar-refractivity contribution < 1.29 is 14.3 Å². The highest BCUT2D eigenvalue weighted by Gasteiger charge is 2.15. The number of para-hydroxylation sites is 1. The third-order valence-corrected chi connectivity index (χ3v) is 2.95. The SMILES string of the molecule is CCOc1ccccc1C(=O)Oc1cc(C)ccc1C. The van der Waals surface area contributed by atoms with E-state index in [1.54, 1.807) is 18.2 Å². The fraction of sp³-hybridized carbons (Fsp3) is 0.235. The maximum atomic E-state index is 12.3. The van der Waals surface area contributed by atoms with E-state index in [0.29, 0.717) is 23.7 Å². The summed E-state index contributed by atoms with van der Waals surface area (Å²) in [6.45, 7) is 6.27. The summed E-state index contributed by atoms with van der Waals surface area (Å²) >= 11 is 0. The highest BCUT2D eigenvalue weighted by molar-refractivity contribution is 5.94. The first-order valence-corrected chi connectivity index (χ1v) is 6.63. The summed E-state index contributed by atoms with van der Waals surface area (Å²) < 4.78 is 10.9. The fourth-order valence-electron chi connectivity index (χ4n) is 1.89. The third-order valence-electron chi connectivity index (χ3n) is 2.95. The average molecular weight is 270 g/mol. The van der Waals surface area contributed by atoms with Gasteiger partial charge < -0.3 is 9.47 Å². The second-order valence-corrected chi connectivity index (χ2v) is 4.59. The fourth-order valence-corrected chi connectivity index (χ4v) is 1.89. The number of carbonyl (C=O) groups excluding carboxylic acids is 1. The molecule has 0 N–H and O–H groups in total. The molecule has 0 fully saturated rings. The van der Waals surface area contributed by atoms with Crippen LogP contribution in [0, 0.1) is 13.8 Å². The molecule has 0 aromatic heterocycles. The summed E-state index contributed by atoms with van der Waals surface area (Å²) in [6.07, 6.45) is 0. The number of benzene rings is 2. The summed E-state index contributed by atoms with van der Waals surface area (Å²) in [6, 6.07) is 12.9. The molecule has 2 rings (SSSR count). The highest BCUT2D eigenvalue weighted by atomic mass is 16.5. The lowest BCUT2D eigenvalue weighted by atomic mass is 10.1. The van der Waals surface area contributed by atoms with Gasteiger partial charge in [0.2, 0.25) is 0 Å². The molecule has 0 heterocycles. The average Bonchev–Trinajstić information content (AvgIpc) is 2.44. The van der Waals surface area contributed by atoms with Gasteiger partial charge in [-0.2, -0.15) is 0 Å². The largest absolute Gasteiger partial charge is 0.493 e. The van der Waals surface area contributed by atoms with Crippen LogP contribution in [0.2, 0.25) is 0 Å². The second-order valence-electron chi connectivity index (χ2n) is 4.59. The van der Waals surface area contributed by atoms with Crippen LogP contribution in [0.15, 0.2) is 42.5 Å². The van der Waals surface area contributed by atoms with Crippen molar-refractivity contribution in [3.63, 3.8) is 0 Å². The van der Waals surface area contributed by atoms with Gasteiger partial charge in [-0.3, -0.25) is 0 Å². The van der Waals surface area contributed by atoms with E-state index in [2.05, 4.69) is 0 Å². The lowest BCUT2D eigenvalue weighted by Gasteiger charge is -2.11. The van der Waals surface area contributed by atoms with Crippen molar-refractivity contribution in [2.75, 3.05) is 6.61 Å². The molecule has 0 spiro atoms. The Labute approximate surface area is 119 Å². The molecule has 0 aliphatic heterocycles. The molecular formula is C17H18O3. The molecule has 2 aromatic rings. The third kappa shape index (κ3) is 3.18. The number of aryl methyl sites for hydroxylation is 2. The van der Waals surface area contributed by atoms with Crippen LogP contribution in [-0.4, -0.2) is 12.6 Å². The number of carbonyl (C=O) groups is 1. The number of esters is 1. The van der Waals surface area contributed by atoms with E-state index in [9.17, 15) is 4.79 Å². The van der Waals surface area contributed by atoms with Crippen LogP contribution in [0.4, 0.5) is 0 Å². The molecule has 0 saturated heterocycles. The minimum atomic E-state index is -0.400. The predicted octanol–water partition coefficient (Wildman–Crippen LogP) is 3.92. The number of hydrogen-bond acceptors (Lipinski definition) is 3. The first-order chi connectivity index (χ1) is 9.61. The Balaban J connectivity index is 2.26. The van der Waals surface area contributed by atoms with Gasteiger partial charge in [-0.1, -0.05) is 24.3 Å². The van der Waals surface area contributed by atoms with Crippen LogP contribution in [0.1, 0.15) is 28.4 Å². The standard InChI is InChI=1S/C17H18O3/c1-4-19-15-8-6-5-7-14(15)17(18)20-16-11-12(2)9-10-13(16)3/h5-11H,4H2,1-3H3. The van der Waals surface area contributed by atoms with Crippen molar-refractivity contribution in [1.82, 2.24) is 0 Å². The summed E-state index contributed by atoms with van der Waals surface area (Å²) in [5.41, 5.74) is 2.42. The zero-order valence-corrected chi connectivity index (χ0v) is 12.0. The lowest BCUT2D eigenvalue weighted by molar-refractivity contribution is 0.0729. The van der Waals surface area contributed by atoms with Crippen LogP contribution < -0.4 is 9.47 Å². The quantitative estimate of drug-likeness (QED) is 0.624. The van der Waals surface area contributed by atoms with E-state index in [1.165, 1.54) is 0 Å². The summed E-state index contributed by atoms with van der Waals surface area (Å²) in [4.78, 5) is 12.3. The van der Waals surface area contributed by atoms with Crippen LogP contribution in [-0.2, 0) is 0 Å². The Morgan fingerprint density at radius 3 is 2.55 bits per heavy atom. The Morgan fingerprint density at radius 1 is 1.05 bits per heavy atom. The normalized spacial score (nSPS) is 10.2. The molecule has 0 aliphatic carbocycles. The van der Waals surface area contributed by atoms with Gasteiger partial charge in [0.1, 0.15) is 17.1 Å². The topological polar surface area (TPSA) is 35.5 Å². The van der Waals surface area contributed by atoms with Crippen molar-refractivity contribution in [2.24, 2.45) is 0 Å². The zero-order valence-electron chi connectivity index (χ0n) is 12.0. The molecule has 0 bridgehead atoms. The maximum Gasteiger partial charge on any atom is 0.347 e. The van der Waals surface area contributed by atoms with E-state index >= 15 is 0 Å². The van der Waals surface area contributed by atoms with Crippen molar-refractivity contribution in [1.29, 1.82) is 0 Å². The van der Waals surface area contributed by atoms with Crippen molar-refractivity contribution >= 4 is 5.97 Å². The Hall–Kier alpha value is -2.29. The van der Waals surface area contributed by atoms with Gasteiger partial charge in [0.15, 0.2) is 0 Å². The van der Waals surface area contributed by atoms with Gasteiger partial charge in [0, 0.05) is 0 Å². The lowest BCUT2D eigenvalue weighted by Crippen LogP contribution is -2.11. The van der Waals surface area contributed by atoms with Crippen molar-refractivity contribution in [3.8, 4) is 11.5 Å². The molecule has 0 radical (unpaired) electrons. The Bertz CT molecular complexity index is 617. The van der Waals surface area contributed by atoms with Gasteiger partial charge in [-0.05, 0) is 50.1 Å². The van der Waals surface area contributed by atoms with Crippen molar-refractivity contribution in [3.05, 3.63) is 59.2 Å². The Kier molecular flexibility index (Phi) is 4.41. The molecule has 0 aliphatic rings. The molecule has 0 amide bonds. The first kappa shape index (κ1) is 14.1. The van der Waals surface area contributed by atoms with E-state index in [1.807, 2.05) is 45.0 Å². The van der Waals surface area contributed by atoms with Crippen molar-refractivity contribution in [2.45, 2.75) is 20.8 Å². The van der Waals surface area contributed by atoms with Crippen LogP contribution >= 0.6 is 0 Å². The van der Waals surface area contributed by atoms with E-state index in [4.69, 9.17) is 9.47 Å². The molecule has 2 aromatic carbocycles.